The van der Waals surface area contributed by atoms with E-state index in [9.17, 15) is 22.8 Å². The molecule has 1 saturated heterocycles. The number of halogens is 3. The van der Waals surface area contributed by atoms with E-state index in [1.807, 2.05) is 0 Å². The molecule has 9 heteroatoms. The van der Waals surface area contributed by atoms with Gasteiger partial charge in [0.05, 0.1) is 6.10 Å². The average Bonchev–Trinajstić information content (AvgIpc) is 2.63. The zero-order valence-corrected chi connectivity index (χ0v) is 13.9. The van der Waals surface area contributed by atoms with E-state index >= 15 is 0 Å². The summed E-state index contributed by atoms with van der Waals surface area (Å²) >= 11 is 0. The molecule has 2 amide bonds. The molecule has 134 valence electrons. The lowest BCUT2D eigenvalue weighted by atomic mass is 10.2. The Labute approximate surface area is 133 Å². The third kappa shape index (κ3) is 6.64. The van der Waals surface area contributed by atoms with Crippen molar-refractivity contribution in [3.05, 3.63) is 0 Å². The first-order valence-electron chi connectivity index (χ1n) is 7.33. The second-order valence-corrected chi connectivity index (χ2v) is 6.63. The normalized spacial score (nSPS) is 23.6. The fraction of sp³-hybridized carbons (Fsp3) is 0.857. The van der Waals surface area contributed by atoms with E-state index in [1.54, 1.807) is 27.7 Å². The Kier molecular flexibility index (Phi) is 5.89. The zero-order chi connectivity index (χ0) is 18.0. The van der Waals surface area contributed by atoms with Crippen LogP contribution in [-0.2, 0) is 14.3 Å². The van der Waals surface area contributed by atoms with Crippen LogP contribution in [-0.4, -0.2) is 53.6 Å². The lowest BCUT2D eigenvalue weighted by Gasteiger charge is -2.26. The molecule has 23 heavy (non-hydrogen) atoms. The summed E-state index contributed by atoms with van der Waals surface area (Å²) in [6.07, 6.45) is -6.50. The number of amides is 2. The monoisotopic (exact) mass is 340 g/mol. The molecule has 1 N–H and O–H groups in total. The lowest BCUT2D eigenvalue weighted by Crippen LogP contribution is -2.49. The van der Waals surface area contributed by atoms with Crippen molar-refractivity contribution in [1.29, 1.82) is 0 Å². The molecule has 0 aromatic carbocycles. The summed E-state index contributed by atoms with van der Waals surface area (Å²) in [6, 6.07) is -1.31. The van der Waals surface area contributed by atoms with Gasteiger partial charge in [0.25, 0.3) is 0 Å². The van der Waals surface area contributed by atoms with Gasteiger partial charge in [0.2, 0.25) is 5.91 Å². The fourth-order valence-corrected chi connectivity index (χ4v) is 2.36. The Bertz CT molecular complexity index is 448. The first-order chi connectivity index (χ1) is 10.3. The molecule has 0 aliphatic carbocycles. The van der Waals surface area contributed by atoms with Gasteiger partial charge in [-0.3, -0.25) is 9.53 Å². The molecule has 6 nitrogen and oxygen atoms in total. The summed E-state index contributed by atoms with van der Waals surface area (Å²) in [5.41, 5.74) is -0.709. The van der Waals surface area contributed by atoms with Crippen molar-refractivity contribution in [3.8, 4) is 0 Å². The highest BCUT2D eigenvalue weighted by atomic mass is 19.4. The highest BCUT2D eigenvalue weighted by Crippen LogP contribution is 2.27. The Morgan fingerprint density at radius 1 is 1.26 bits per heavy atom. The van der Waals surface area contributed by atoms with Crippen molar-refractivity contribution < 1.29 is 32.2 Å². The average molecular weight is 340 g/mol. The Hall–Kier alpha value is -1.51. The quantitative estimate of drug-likeness (QED) is 0.857. The fourth-order valence-electron chi connectivity index (χ4n) is 2.36. The Morgan fingerprint density at radius 3 is 2.30 bits per heavy atom. The van der Waals surface area contributed by atoms with Gasteiger partial charge in [0.15, 0.2) is 0 Å². The molecule has 0 radical (unpaired) electrons. The van der Waals surface area contributed by atoms with Crippen molar-refractivity contribution >= 4 is 12.0 Å². The smallest absolute Gasteiger partial charge is 0.444 e. The predicted molar refractivity (Wildman–Crippen MR) is 75.6 cm³/mol. The molecule has 0 aromatic heterocycles. The van der Waals surface area contributed by atoms with Crippen LogP contribution < -0.4 is 5.32 Å². The standard InChI is InChI=1S/C14H23F3N2O4/c1-8-6-10(22-14(15,16)17)7-19(8)11(20)9(2)18-12(21)23-13(3,4)5/h8-10H,6-7H2,1-5H3,(H,18,21)/t8-,9-,10-/m1/s1. The maximum absolute atomic E-state index is 12.3. The van der Waals surface area contributed by atoms with Crippen LogP contribution in [0.15, 0.2) is 0 Å². The van der Waals surface area contributed by atoms with Gasteiger partial charge >= 0.3 is 12.5 Å². The number of carbonyl (C=O) groups excluding carboxylic acids is 2. The molecular formula is C14H23F3N2O4. The number of ether oxygens (including phenoxy) is 2. The number of alkyl halides is 3. The first kappa shape index (κ1) is 19.5. The number of hydrogen-bond donors (Lipinski definition) is 1. The highest BCUT2D eigenvalue weighted by molar-refractivity contribution is 5.85. The van der Waals surface area contributed by atoms with Gasteiger partial charge in [-0.05, 0) is 41.0 Å². The SMILES string of the molecule is C[C@@H]1C[C@@H](OC(F)(F)F)CN1C(=O)[C@@H](C)NC(=O)OC(C)(C)C. The lowest BCUT2D eigenvalue weighted by molar-refractivity contribution is -0.340. The van der Waals surface area contributed by atoms with Crippen molar-refractivity contribution in [1.82, 2.24) is 10.2 Å². The molecule has 1 rings (SSSR count). The third-order valence-corrected chi connectivity index (χ3v) is 3.22. The van der Waals surface area contributed by atoms with Gasteiger partial charge in [-0.1, -0.05) is 0 Å². The molecule has 3 atom stereocenters. The van der Waals surface area contributed by atoms with Crippen LogP contribution >= 0.6 is 0 Å². The summed E-state index contributed by atoms with van der Waals surface area (Å²) in [6.45, 7) is 7.97. The van der Waals surface area contributed by atoms with Crippen molar-refractivity contribution in [2.45, 2.75) is 71.2 Å². The van der Waals surface area contributed by atoms with E-state index in [0.717, 1.165) is 0 Å². The van der Waals surface area contributed by atoms with Crippen LogP contribution in [0.1, 0.15) is 41.0 Å². The number of likely N-dealkylation sites (tertiary alicyclic amines) is 1. The number of hydrogen-bond acceptors (Lipinski definition) is 4. The number of alkyl carbamates (subject to hydrolysis) is 1. The molecule has 1 aliphatic heterocycles. The van der Waals surface area contributed by atoms with E-state index in [-0.39, 0.29) is 13.0 Å². The van der Waals surface area contributed by atoms with Crippen LogP contribution in [0.2, 0.25) is 0 Å². The van der Waals surface area contributed by atoms with Gasteiger partial charge in [-0.15, -0.1) is 13.2 Å². The second-order valence-electron chi connectivity index (χ2n) is 6.63. The van der Waals surface area contributed by atoms with E-state index in [4.69, 9.17) is 4.74 Å². The minimum absolute atomic E-state index is 0.0877. The topological polar surface area (TPSA) is 67.9 Å². The minimum atomic E-state index is -4.73. The molecule has 0 aromatic rings. The van der Waals surface area contributed by atoms with Crippen LogP contribution in [0.3, 0.4) is 0 Å². The van der Waals surface area contributed by atoms with Crippen LogP contribution in [0.25, 0.3) is 0 Å². The van der Waals surface area contributed by atoms with Crippen LogP contribution in [0.4, 0.5) is 18.0 Å². The first-order valence-corrected chi connectivity index (χ1v) is 7.33. The summed E-state index contributed by atoms with van der Waals surface area (Å²) in [5, 5.41) is 2.38. The molecular weight excluding hydrogens is 317 g/mol. The summed E-state index contributed by atoms with van der Waals surface area (Å²) in [7, 11) is 0. The Morgan fingerprint density at radius 2 is 1.83 bits per heavy atom. The highest BCUT2D eigenvalue weighted by Gasteiger charge is 2.41. The van der Waals surface area contributed by atoms with E-state index in [0.29, 0.717) is 0 Å². The van der Waals surface area contributed by atoms with Crippen molar-refractivity contribution in [2.75, 3.05) is 6.54 Å². The minimum Gasteiger partial charge on any atom is -0.444 e. The van der Waals surface area contributed by atoms with Gasteiger partial charge in [0, 0.05) is 12.6 Å². The summed E-state index contributed by atoms with van der Waals surface area (Å²) in [4.78, 5) is 25.2. The van der Waals surface area contributed by atoms with E-state index < -0.39 is 42.2 Å². The molecule has 0 saturated carbocycles. The van der Waals surface area contributed by atoms with Gasteiger partial charge in [-0.25, -0.2) is 4.79 Å². The maximum Gasteiger partial charge on any atom is 0.522 e. The van der Waals surface area contributed by atoms with Crippen molar-refractivity contribution in [2.24, 2.45) is 0 Å². The predicted octanol–water partition coefficient (Wildman–Crippen LogP) is 2.43. The molecule has 0 spiro atoms. The summed E-state index contributed by atoms with van der Waals surface area (Å²) < 4.78 is 45.8. The zero-order valence-electron chi connectivity index (χ0n) is 13.9. The van der Waals surface area contributed by atoms with Crippen LogP contribution in [0.5, 0.6) is 0 Å². The van der Waals surface area contributed by atoms with Crippen molar-refractivity contribution in [3.63, 3.8) is 0 Å². The van der Waals surface area contributed by atoms with Crippen LogP contribution in [0, 0.1) is 0 Å². The van der Waals surface area contributed by atoms with E-state index in [1.165, 1.54) is 11.8 Å². The third-order valence-electron chi connectivity index (χ3n) is 3.22. The van der Waals surface area contributed by atoms with E-state index in [2.05, 4.69) is 10.1 Å². The molecule has 1 aliphatic rings. The molecule has 1 heterocycles. The second kappa shape index (κ2) is 6.94. The number of carbonyl (C=O) groups is 2. The summed E-state index contributed by atoms with van der Waals surface area (Å²) in [5.74, 6) is -0.475. The molecule has 0 unspecified atom stereocenters. The van der Waals surface area contributed by atoms with Gasteiger partial charge in [-0.2, -0.15) is 0 Å². The van der Waals surface area contributed by atoms with Gasteiger partial charge < -0.3 is 15.0 Å². The number of nitrogens with one attached hydrogen (secondary N) is 1. The molecule has 1 fully saturated rings. The molecule has 0 bridgehead atoms. The van der Waals surface area contributed by atoms with Gasteiger partial charge in [0.1, 0.15) is 11.6 Å². The number of rotatable bonds is 3. The maximum atomic E-state index is 12.3. The largest absolute Gasteiger partial charge is 0.522 e. The Balaban J connectivity index is 2.58. The number of nitrogens with zero attached hydrogens (tertiary/aromatic N) is 1.